The number of benzene rings is 2. The number of nitrogens with one attached hydrogen (secondary N) is 1. The quantitative estimate of drug-likeness (QED) is 0.821. The van der Waals surface area contributed by atoms with Crippen LogP contribution in [0.5, 0.6) is 0 Å². The fourth-order valence-corrected chi connectivity index (χ4v) is 3.00. The summed E-state index contributed by atoms with van der Waals surface area (Å²) in [5.74, 6) is -0.706. The van der Waals surface area contributed by atoms with Crippen molar-refractivity contribution < 1.29 is 22.8 Å². The van der Waals surface area contributed by atoms with Crippen molar-refractivity contribution in [1.29, 1.82) is 0 Å². The Bertz CT molecular complexity index is 874. The van der Waals surface area contributed by atoms with Gasteiger partial charge in [-0.15, -0.1) is 0 Å². The van der Waals surface area contributed by atoms with Crippen molar-refractivity contribution in [3.8, 4) is 0 Å². The van der Waals surface area contributed by atoms with Crippen molar-refractivity contribution in [2.45, 2.75) is 19.0 Å². The van der Waals surface area contributed by atoms with Gasteiger partial charge in [0.2, 0.25) is 5.91 Å². The van der Waals surface area contributed by atoms with E-state index in [4.69, 9.17) is 0 Å². The van der Waals surface area contributed by atoms with Gasteiger partial charge in [-0.3, -0.25) is 9.59 Å². The van der Waals surface area contributed by atoms with E-state index in [9.17, 15) is 22.8 Å². The molecule has 7 heteroatoms. The molecule has 0 spiro atoms. The lowest BCUT2D eigenvalue weighted by Crippen LogP contribution is -2.28. The lowest BCUT2D eigenvalue weighted by atomic mass is 10.0. The van der Waals surface area contributed by atoms with Gasteiger partial charge in [0.15, 0.2) is 0 Å². The molecule has 4 nitrogen and oxygen atoms in total. The number of anilines is 2. The molecule has 0 saturated carbocycles. The maximum atomic E-state index is 12.6. The summed E-state index contributed by atoms with van der Waals surface area (Å²) < 4.78 is 37.1. The summed E-state index contributed by atoms with van der Waals surface area (Å²) in [6.45, 7) is 3.38. The molecule has 0 atom stereocenters. The molecule has 0 saturated heterocycles. The van der Waals surface area contributed by atoms with Crippen molar-refractivity contribution in [3.05, 3.63) is 48.6 Å². The van der Waals surface area contributed by atoms with Crippen molar-refractivity contribution in [2.75, 3.05) is 16.8 Å². The third-order valence-electron chi connectivity index (χ3n) is 4.07. The molecule has 0 radical (unpaired) electrons. The molecule has 1 heterocycles. The fourth-order valence-electron chi connectivity index (χ4n) is 3.00. The SMILES string of the molecule is C=CC(=O)Nc1ccc2c3c(cccc13)C(=O)N2CCCC(F)(F)F. The number of rotatable bonds is 5. The van der Waals surface area contributed by atoms with E-state index in [0.29, 0.717) is 27.7 Å². The largest absolute Gasteiger partial charge is 0.389 e. The summed E-state index contributed by atoms with van der Waals surface area (Å²) in [7, 11) is 0. The van der Waals surface area contributed by atoms with E-state index in [2.05, 4.69) is 11.9 Å². The van der Waals surface area contributed by atoms with Gasteiger partial charge < -0.3 is 10.2 Å². The number of alkyl halides is 3. The van der Waals surface area contributed by atoms with E-state index in [1.165, 1.54) is 4.90 Å². The zero-order valence-electron chi connectivity index (χ0n) is 13.2. The van der Waals surface area contributed by atoms with Crippen molar-refractivity contribution in [1.82, 2.24) is 0 Å². The molecular weight excluding hydrogens is 333 g/mol. The maximum absolute atomic E-state index is 12.6. The number of amides is 2. The van der Waals surface area contributed by atoms with Crippen LogP contribution in [0.2, 0.25) is 0 Å². The van der Waals surface area contributed by atoms with Gasteiger partial charge in [0.05, 0.1) is 5.69 Å². The first-order valence-electron chi connectivity index (χ1n) is 7.69. The highest BCUT2D eigenvalue weighted by atomic mass is 19.4. The van der Waals surface area contributed by atoms with E-state index in [1.54, 1.807) is 30.3 Å². The Morgan fingerprint density at radius 3 is 2.68 bits per heavy atom. The summed E-state index contributed by atoms with van der Waals surface area (Å²) in [6.07, 6.45) is -4.22. The Hall–Kier alpha value is -2.83. The number of carbonyl (C=O) groups is 2. The Morgan fingerprint density at radius 1 is 1.24 bits per heavy atom. The molecule has 2 aromatic rings. The number of halogens is 3. The van der Waals surface area contributed by atoms with Crippen LogP contribution in [0.25, 0.3) is 10.8 Å². The van der Waals surface area contributed by atoms with Gasteiger partial charge in [-0.25, -0.2) is 0 Å². The predicted molar refractivity (Wildman–Crippen MR) is 89.7 cm³/mol. The first kappa shape index (κ1) is 17.0. The molecule has 0 unspecified atom stereocenters. The molecule has 25 heavy (non-hydrogen) atoms. The van der Waals surface area contributed by atoms with Gasteiger partial charge in [0, 0.05) is 35.0 Å². The third-order valence-corrected chi connectivity index (χ3v) is 4.07. The molecule has 0 aromatic heterocycles. The van der Waals surface area contributed by atoms with E-state index in [1.807, 2.05) is 0 Å². The zero-order valence-corrected chi connectivity index (χ0v) is 13.2. The molecule has 130 valence electrons. The summed E-state index contributed by atoms with van der Waals surface area (Å²) in [4.78, 5) is 25.5. The minimum atomic E-state index is -4.25. The Labute approximate surface area is 141 Å². The van der Waals surface area contributed by atoms with Gasteiger partial charge in [-0.05, 0) is 30.7 Å². The van der Waals surface area contributed by atoms with E-state index in [0.717, 1.165) is 6.08 Å². The van der Waals surface area contributed by atoms with E-state index >= 15 is 0 Å². The molecule has 1 aliphatic rings. The standard InChI is InChI=1S/C18H15F3N2O2/c1-2-15(24)22-13-7-8-14-16-11(13)5-3-6-12(16)17(25)23(14)10-4-9-18(19,20)21/h2-3,5-8H,1,4,9-10H2,(H,22,24). The smallest absolute Gasteiger partial charge is 0.322 e. The molecule has 3 rings (SSSR count). The van der Waals surface area contributed by atoms with Gasteiger partial charge >= 0.3 is 6.18 Å². The van der Waals surface area contributed by atoms with Gasteiger partial charge in [0.1, 0.15) is 0 Å². The highest BCUT2D eigenvalue weighted by Crippen LogP contribution is 2.40. The topological polar surface area (TPSA) is 49.4 Å². The van der Waals surface area contributed by atoms with Crippen molar-refractivity contribution >= 4 is 34.0 Å². The van der Waals surface area contributed by atoms with Crippen LogP contribution in [0.1, 0.15) is 23.2 Å². The van der Waals surface area contributed by atoms with Crippen LogP contribution in [-0.2, 0) is 4.79 Å². The molecule has 0 bridgehead atoms. The highest BCUT2D eigenvalue weighted by Gasteiger charge is 2.32. The Morgan fingerprint density at radius 2 is 2.00 bits per heavy atom. The maximum Gasteiger partial charge on any atom is 0.389 e. The predicted octanol–water partition coefficient (Wildman–Crippen LogP) is 4.27. The summed E-state index contributed by atoms with van der Waals surface area (Å²) >= 11 is 0. The second kappa shape index (κ2) is 6.23. The molecule has 2 aromatic carbocycles. The van der Waals surface area contributed by atoms with Crippen LogP contribution in [-0.4, -0.2) is 24.5 Å². The van der Waals surface area contributed by atoms with Gasteiger partial charge in [0.25, 0.3) is 5.91 Å². The summed E-state index contributed by atoms with van der Waals surface area (Å²) in [5.41, 5.74) is 1.51. The van der Waals surface area contributed by atoms with Crippen LogP contribution in [0.15, 0.2) is 43.0 Å². The van der Waals surface area contributed by atoms with Crippen LogP contribution in [0, 0.1) is 0 Å². The minimum absolute atomic E-state index is 0.0134. The van der Waals surface area contributed by atoms with E-state index < -0.39 is 12.6 Å². The number of hydrogen-bond acceptors (Lipinski definition) is 2. The monoisotopic (exact) mass is 348 g/mol. The first-order valence-corrected chi connectivity index (χ1v) is 7.69. The summed E-state index contributed by atoms with van der Waals surface area (Å²) in [5, 5.41) is 3.98. The number of nitrogens with zero attached hydrogens (tertiary/aromatic N) is 1. The van der Waals surface area contributed by atoms with Crippen LogP contribution < -0.4 is 10.2 Å². The van der Waals surface area contributed by atoms with Gasteiger partial charge in [-0.1, -0.05) is 18.7 Å². The number of hydrogen-bond donors (Lipinski definition) is 1. The second-order valence-corrected chi connectivity index (χ2v) is 5.73. The minimum Gasteiger partial charge on any atom is -0.322 e. The lowest BCUT2D eigenvalue weighted by molar-refractivity contribution is -0.135. The van der Waals surface area contributed by atoms with Crippen molar-refractivity contribution in [3.63, 3.8) is 0 Å². The van der Waals surface area contributed by atoms with Crippen molar-refractivity contribution in [2.24, 2.45) is 0 Å². The average molecular weight is 348 g/mol. The molecular formula is C18H15F3N2O2. The van der Waals surface area contributed by atoms with E-state index in [-0.39, 0.29) is 24.8 Å². The van der Waals surface area contributed by atoms with Crippen LogP contribution >= 0.6 is 0 Å². The second-order valence-electron chi connectivity index (χ2n) is 5.73. The molecule has 1 N–H and O–H groups in total. The number of carbonyl (C=O) groups excluding carboxylic acids is 2. The molecule has 2 amide bonds. The average Bonchev–Trinajstić information content (AvgIpc) is 2.83. The lowest BCUT2D eigenvalue weighted by Gasteiger charge is -2.18. The van der Waals surface area contributed by atoms with Crippen LogP contribution in [0.4, 0.5) is 24.5 Å². The Kier molecular flexibility index (Phi) is 4.24. The normalized spacial score (nSPS) is 13.4. The molecule has 1 aliphatic heterocycles. The first-order chi connectivity index (χ1) is 11.8. The van der Waals surface area contributed by atoms with Gasteiger partial charge in [-0.2, -0.15) is 13.2 Å². The molecule has 0 fully saturated rings. The van der Waals surface area contributed by atoms with Crippen LogP contribution in [0.3, 0.4) is 0 Å². The molecule has 0 aliphatic carbocycles. The highest BCUT2D eigenvalue weighted by molar-refractivity contribution is 6.27. The zero-order chi connectivity index (χ0) is 18.2. The fraction of sp³-hybridized carbons (Fsp3) is 0.222. The summed E-state index contributed by atoms with van der Waals surface area (Å²) in [6, 6.07) is 8.36. The Balaban J connectivity index is 1.96. The third kappa shape index (κ3) is 3.22.